The van der Waals surface area contributed by atoms with Gasteiger partial charge in [0.15, 0.2) is 10.9 Å². The lowest BCUT2D eigenvalue weighted by Crippen LogP contribution is -2.13. The van der Waals surface area contributed by atoms with Crippen LogP contribution in [-0.2, 0) is 0 Å². The maximum Gasteiger partial charge on any atom is 0.260 e. The van der Waals surface area contributed by atoms with E-state index in [2.05, 4.69) is 15.3 Å². The van der Waals surface area contributed by atoms with Crippen LogP contribution in [0, 0.1) is 5.82 Å². The van der Waals surface area contributed by atoms with Crippen molar-refractivity contribution in [2.24, 2.45) is 0 Å². The summed E-state index contributed by atoms with van der Waals surface area (Å²) in [6, 6.07) is 1.29. The van der Waals surface area contributed by atoms with Gasteiger partial charge in [-0.1, -0.05) is 22.9 Å². The van der Waals surface area contributed by atoms with Crippen molar-refractivity contribution in [1.82, 2.24) is 9.97 Å². The first-order valence-corrected chi connectivity index (χ1v) is 5.38. The van der Waals surface area contributed by atoms with Crippen molar-refractivity contribution in [2.45, 2.75) is 0 Å². The molecule has 0 aromatic carbocycles. The number of aromatic nitrogens is 2. The highest BCUT2D eigenvalue weighted by atomic mass is 35.5. The van der Waals surface area contributed by atoms with Gasteiger partial charge in [-0.15, -0.1) is 0 Å². The molecule has 16 heavy (non-hydrogen) atoms. The minimum absolute atomic E-state index is 0.0821. The number of carbonyl (C=O) groups is 1. The number of carbonyl (C=O) groups excluding carboxylic acids is 1. The average Bonchev–Trinajstić information content (AvgIpc) is 2.64. The number of halogens is 2. The Hall–Kier alpha value is -1.53. The van der Waals surface area contributed by atoms with E-state index in [9.17, 15) is 9.18 Å². The molecule has 0 saturated heterocycles. The monoisotopic (exact) mass is 257 g/mol. The lowest BCUT2D eigenvalue weighted by atomic mass is 10.2. The summed E-state index contributed by atoms with van der Waals surface area (Å²) in [6.07, 6.45) is 3.72. The van der Waals surface area contributed by atoms with Crippen LogP contribution in [-0.4, -0.2) is 15.9 Å². The second kappa shape index (κ2) is 4.54. The zero-order valence-corrected chi connectivity index (χ0v) is 9.35. The molecule has 0 unspecified atom stereocenters. The molecule has 0 atom stereocenters. The van der Waals surface area contributed by atoms with E-state index in [0.717, 1.165) is 17.5 Å². The Morgan fingerprint density at radius 2 is 2.31 bits per heavy atom. The molecule has 0 aliphatic heterocycles. The Balaban J connectivity index is 2.18. The number of hydrogen-bond acceptors (Lipinski definition) is 4. The standard InChI is InChI=1S/C9H5ClFN3OS/c10-7-4-13-9(16-7)14-8(15)5-1-2-12-3-6(5)11/h1-4H,(H,13,14,15). The highest BCUT2D eigenvalue weighted by Crippen LogP contribution is 2.23. The van der Waals surface area contributed by atoms with E-state index in [0.29, 0.717) is 9.47 Å². The third-order valence-corrected chi connectivity index (χ3v) is 2.75. The molecular weight excluding hydrogens is 253 g/mol. The highest BCUT2D eigenvalue weighted by Gasteiger charge is 2.12. The van der Waals surface area contributed by atoms with Gasteiger partial charge in [0.05, 0.1) is 18.0 Å². The number of nitrogens with one attached hydrogen (secondary N) is 1. The van der Waals surface area contributed by atoms with Gasteiger partial charge in [0.1, 0.15) is 4.34 Å². The molecule has 0 aliphatic carbocycles. The van der Waals surface area contributed by atoms with Crippen molar-refractivity contribution in [3.8, 4) is 0 Å². The van der Waals surface area contributed by atoms with Gasteiger partial charge in [-0.05, 0) is 6.07 Å². The Morgan fingerprint density at radius 3 is 2.94 bits per heavy atom. The first-order chi connectivity index (χ1) is 7.66. The van der Waals surface area contributed by atoms with E-state index >= 15 is 0 Å². The summed E-state index contributed by atoms with van der Waals surface area (Å²) in [4.78, 5) is 19.0. The summed E-state index contributed by atoms with van der Waals surface area (Å²) in [5.41, 5.74) is -0.0821. The van der Waals surface area contributed by atoms with Crippen LogP contribution in [0.4, 0.5) is 9.52 Å². The number of pyridine rings is 1. The predicted molar refractivity (Wildman–Crippen MR) is 59.3 cm³/mol. The zero-order chi connectivity index (χ0) is 11.5. The Bertz CT molecular complexity index is 531. The minimum atomic E-state index is -0.678. The molecule has 0 bridgehead atoms. The molecule has 0 spiro atoms. The number of thiazole rings is 1. The van der Waals surface area contributed by atoms with Crippen molar-refractivity contribution in [3.63, 3.8) is 0 Å². The number of rotatable bonds is 2. The Morgan fingerprint density at radius 1 is 1.50 bits per heavy atom. The molecule has 7 heteroatoms. The summed E-state index contributed by atoms with van der Waals surface area (Å²) in [5, 5.41) is 2.76. The van der Waals surface area contributed by atoms with Gasteiger partial charge in [-0.25, -0.2) is 9.37 Å². The number of anilines is 1. The fourth-order valence-corrected chi connectivity index (χ4v) is 1.84. The third-order valence-electron chi connectivity index (χ3n) is 1.72. The van der Waals surface area contributed by atoms with Crippen LogP contribution in [0.15, 0.2) is 24.7 Å². The van der Waals surface area contributed by atoms with Gasteiger partial charge in [0.2, 0.25) is 0 Å². The molecule has 82 valence electrons. The molecule has 2 aromatic heterocycles. The first kappa shape index (κ1) is 11.0. The molecule has 2 heterocycles. The molecule has 2 rings (SSSR count). The second-order valence-electron chi connectivity index (χ2n) is 2.78. The summed E-state index contributed by atoms with van der Waals surface area (Å²) in [6.45, 7) is 0. The third kappa shape index (κ3) is 2.34. The van der Waals surface area contributed by atoms with E-state index in [1.807, 2.05) is 0 Å². The van der Waals surface area contributed by atoms with Gasteiger partial charge < -0.3 is 0 Å². The van der Waals surface area contributed by atoms with E-state index in [-0.39, 0.29) is 5.56 Å². The Kier molecular flexibility index (Phi) is 3.12. The van der Waals surface area contributed by atoms with Gasteiger partial charge in [0, 0.05) is 6.20 Å². The Labute approximate surface area is 99.1 Å². The van der Waals surface area contributed by atoms with E-state index in [1.54, 1.807) is 0 Å². The lowest BCUT2D eigenvalue weighted by Gasteiger charge is -2.01. The predicted octanol–water partition coefficient (Wildman–Crippen LogP) is 2.58. The van der Waals surface area contributed by atoms with Crippen molar-refractivity contribution in [2.75, 3.05) is 5.32 Å². The molecule has 1 N–H and O–H groups in total. The van der Waals surface area contributed by atoms with Crippen LogP contribution in [0.5, 0.6) is 0 Å². The second-order valence-corrected chi connectivity index (χ2v) is 4.44. The van der Waals surface area contributed by atoms with Crippen molar-refractivity contribution in [1.29, 1.82) is 0 Å². The summed E-state index contributed by atoms with van der Waals surface area (Å²) in [7, 11) is 0. The average molecular weight is 258 g/mol. The lowest BCUT2D eigenvalue weighted by molar-refractivity contribution is 0.102. The number of hydrogen-bond donors (Lipinski definition) is 1. The van der Waals surface area contributed by atoms with Gasteiger partial charge in [-0.2, -0.15) is 0 Å². The maximum atomic E-state index is 13.2. The normalized spacial score (nSPS) is 10.1. The van der Waals surface area contributed by atoms with Crippen LogP contribution in [0.3, 0.4) is 0 Å². The van der Waals surface area contributed by atoms with E-state index in [4.69, 9.17) is 11.6 Å². The van der Waals surface area contributed by atoms with Crippen molar-refractivity contribution >= 4 is 34.0 Å². The molecule has 0 aliphatic rings. The molecule has 4 nitrogen and oxygen atoms in total. The van der Waals surface area contributed by atoms with Gasteiger partial charge in [0.25, 0.3) is 5.91 Å². The first-order valence-electron chi connectivity index (χ1n) is 4.19. The molecule has 1 amide bonds. The summed E-state index contributed by atoms with van der Waals surface area (Å²) in [5.74, 6) is -1.26. The zero-order valence-electron chi connectivity index (χ0n) is 7.78. The van der Waals surface area contributed by atoms with Crippen LogP contribution >= 0.6 is 22.9 Å². The quantitative estimate of drug-likeness (QED) is 0.900. The molecule has 2 aromatic rings. The topological polar surface area (TPSA) is 54.9 Å². The fraction of sp³-hybridized carbons (Fsp3) is 0. The number of amides is 1. The van der Waals surface area contributed by atoms with Crippen LogP contribution < -0.4 is 5.32 Å². The van der Waals surface area contributed by atoms with Crippen molar-refractivity contribution < 1.29 is 9.18 Å². The fourth-order valence-electron chi connectivity index (χ4n) is 1.04. The van der Waals surface area contributed by atoms with Crippen LogP contribution in [0.1, 0.15) is 10.4 Å². The maximum absolute atomic E-state index is 13.2. The molecule has 0 fully saturated rings. The smallest absolute Gasteiger partial charge is 0.260 e. The summed E-state index contributed by atoms with van der Waals surface area (Å²) < 4.78 is 13.6. The van der Waals surface area contributed by atoms with Gasteiger partial charge >= 0.3 is 0 Å². The summed E-state index contributed by atoms with van der Waals surface area (Å²) >= 11 is 6.74. The van der Waals surface area contributed by atoms with Crippen LogP contribution in [0.2, 0.25) is 4.34 Å². The van der Waals surface area contributed by atoms with E-state index in [1.165, 1.54) is 18.5 Å². The largest absolute Gasteiger partial charge is 0.298 e. The highest BCUT2D eigenvalue weighted by molar-refractivity contribution is 7.19. The molecule has 0 radical (unpaired) electrons. The van der Waals surface area contributed by atoms with Crippen LogP contribution in [0.25, 0.3) is 0 Å². The number of nitrogens with zero attached hydrogens (tertiary/aromatic N) is 2. The van der Waals surface area contributed by atoms with E-state index < -0.39 is 11.7 Å². The van der Waals surface area contributed by atoms with Gasteiger partial charge in [-0.3, -0.25) is 15.1 Å². The molecule has 0 saturated carbocycles. The molecular formula is C9H5ClFN3OS. The minimum Gasteiger partial charge on any atom is -0.298 e. The van der Waals surface area contributed by atoms with Crippen molar-refractivity contribution in [3.05, 3.63) is 40.4 Å². The SMILES string of the molecule is O=C(Nc1ncc(Cl)s1)c1ccncc1F.